The second-order valence-corrected chi connectivity index (χ2v) is 12.0. The molecule has 10 heteroatoms. The first-order valence-electron chi connectivity index (χ1n) is 13.4. The van der Waals surface area contributed by atoms with Gasteiger partial charge in [0.1, 0.15) is 16.4 Å². The number of carbonyl (C=O) groups excluding carboxylic acids is 2. The van der Waals surface area contributed by atoms with E-state index < -0.39 is 5.54 Å². The van der Waals surface area contributed by atoms with Crippen LogP contribution in [0.15, 0.2) is 6.20 Å². The summed E-state index contributed by atoms with van der Waals surface area (Å²) in [6.07, 6.45) is 6.75. The minimum absolute atomic E-state index is 0.107. The molecule has 0 radical (unpaired) electrons. The van der Waals surface area contributed by atoms with Gasteiger partial charge in [0, 0.05) is 26.2 Å². The Bertz CT molecular complexity index is 1130. The molecule has 2 aliphatic rings. The van der Waals surface area contributed by atoms with Crippen molar-refractivity contribution in [2.24, 2.45) is 5.92 Å². The molecule has 1 saturated carbocycles. The number of hydrogen-bond donors (Lipinski definition) is 1. The van der Waals surface area contributed by atoms with Crippen LogP contribution in [0.5, 0.6) is 0 Å². The van der Waals surface area contributed by atoms with Crippen molar-refractivity contribution in [1.29, 1.82) is 0 Å². The molecule has 37 heavy (non-hydrogen) atoms. The fraction of sp³-hybridized carbons (Fsp3) is 0.667. The summed E-state index contributed by atoms with van der Waals surface area (Å²) in [5.41, 5.74) is 1.43. The number of ether oxygens (including phenoxy) is 1. The van der Waals surface area contributed by atoms with Crippen LogP contribution < -0.4 is 10.2 Å². The van der Waals surface area contributed by atoms with E-state index in [-0.39, 0.29) is 17.8 Å². The molecule has 1 N–H and O–H groups in total. The third-order valence-corrected chi connectivity index (χ3v) is 8.46. The molecule has 1 aliphatic carbocycles. The Balaban J connectivity index is 1.47. The number of piperazine rings is 1. The average molecular weight is 529 g/mol. The zero-order chi connectivity index (χ0) is 26.7. The Morgan fingerprint density at radius 1 is 1.22 bits per heavy atom. The number of aryl methyl sites for hydroxylation is 1. The molecule has 2 aromatic rings. The average Bonchev–Trinajstić information content (AvgIpc) is 3.51. The number of nitrogens with zero attached hydrogens (tertiary/aromatic N) is 5. The van der Waals surface area contributed by atoms with Crippen LogP contribution in [0, 0.1) is 12.8 Å². The first-order chi connectivity index (χ1) is 17.6. The molecule has 2 aromatic heterocycles. The van der Waals surface area contributed by atoms with E-state index in [0.29, 0.717) is 48.4 Å². The lowest BCUT2D eigenvalue weighted by atomic mass is 9.98. The van der Waals surface area contributed by atoms with Crippen molar-refractivity contribution in [2.75, 3.05) is 43.0 Å². The topological polar surface area (TPSA) is 101 Å². The van der Waals surface area contributed by atoms with Crippen LogP contribution in [-0.4, -0.2) is 70.1 Å². The van der Waals surface area contributed by atoms with E-state index >= 15 is 0 Å². The number of thiazole rings is 1. The minimum atomic E-state index is -0.460. The number of nitrogens with one attached hydrogen (secondary N) is 1. The fourth-order valence-corrected chi connectivity index (χ4v) is 6.22. The van der Waals surface area contributed by atoms with Gasteiger partial charge < -0.3 is 19.9 Å². The number of aromatic nitrogens is 3. The fourth-order valence-electron chi connectivity index (χ4n) is 5.24. The summed E-state index contributed by atoms with van der Waals surface area (Å²) in [5, 5.41) is 4.28. The molecule has 0 atom stereocenters. The molecule has 4 rings (SSSR count). The quantitative estimate of drug-likeness (QED) is 0.484. The van der Waals surface area contributed by atoms with Gasteiger partial charge in [-0.3, -0.25) is 4.79 Å². The van der Waals surface area contributed by atoms with Gasteiger partial charge in [0.2, 0.25) is 0 Å². The number of hydrogen-bond acceptors (Lipinski definition) is 9. The van der Waals surface area contributed by atoms with Gasteiger partial charge in [-0.15, -0.1) is 0 Å². The molecule has 0 aromatic carbocycles. The number of rotatable bonds is 8. The lowest BCUT2D eigenvalue weighted by Gasteiger charge is -2.47. The van der Waals surface area contributed by atoms with Crippen LogP contribution >= 0.6 is 11.3 Å². The Labute approximate surface area is 224 Å². The summed E-state index contributed by atoms with van der Waals surface area (Å²) in [7, 11) is 0. The van der Waals surface area contributed by atoms with E-state index in [1.54, 1.807) is 13.1 Å². The van der Waals surface area contributed by atoms with E-state index in [1.807, 2.05) is 11.8 Å². The van der Waals surface area contributed by atoms with Crippen LogP contribution in [0.25, 0.3) is 0 Å². The number of anilines is 2. The van der Waals surface area contributed by atoms with Gasteiger partial charge in [-0.25, -0.2) is 19.7 Å². The van der Waals surface area contributed by atoms with Gasteiger partial charge >= 0.3 is 5.97 Å². The highest BCUT2D eigenvalue weighted by Gasteiger charge is 2.39. The molecule has 0 unspecified atom stereocenters. The molecule has 0 spiro atoms. The third-order valence-electron chi connectivity index (χ3n) is 7.26. The Kier molecular flexibility index (Phi) is 8.36. The van der Waals surface area contributed by atoms with Crippen LogP contribution in [0.4, 0.5) is 10.9 Å². The Hall–Kier alpha value is -2.75. The van der Waals surface area contributed by atoms with Crippen LogP contribution in [0.1, 0.15) is 97.8 Å². The molecular weight excluding hydrogens is 488 g/mol. The molecular formula is C27H40N6O3S. The van der Waals surface area contributed by atoms with Gasteiger partial charge in [-0.1, -0.05) is 38.0 Å². The van der Waals surface area contributed by atoms with Gasteiger partial charge in [-0.05, 0) is 52.4 Å². The molecule has 202 valence electrons. The highest BCUT2D eigenvalue weighted by molar-refractivity contribution is 7.17. The van der Waals surface area contributed by atoms with E-state index in [4.69, 9.17) is 9.72 Å². The van der Waals surface area contributed by atoms with Crippen molar-refractivity contribution in [3.63, 3.8) is 0 Å². The maximum absolute atomic E-state index is 13.6. The van der Waals surface area contributed by atoms with E-state index in [1.165, 1.54) is 37.0 Å². The molecule has 3 heterocycles. The molecule has 9 nitrogen and oxygen atoms in total. The van der Waals surface area contributed by atoms with Crippen molar-refractivity contribution in [3.8, 4) is 0 Å². The number of esters is 1. The van der Waals surface area contributed by atoms with Gasteiger partial charge in [0.25, 0.3) is 5.91 Å². The monoisotopic (exact) mass is 528 g/mol. The van der Waals surface area contributed by atoms with Crippen molar-refractivity contribution in [1.82, 2.24) is 19.9 Å². The number of amides is 1. The smallest absolute Gasteiger partial charge is 0.350 e. The van der Waals surface area contributed by atoms with Gasteiger partial charge in [-0.2, -0.15) is 0 Å². The zero-order valence-corrected chi connectivity index (χ0v) is 23.8. The second kappa shape index (κ2) is 11.3. The molecule has 1 saturated heterocycles. The molecule has 2 fully saturated rings. The highest BCUT2D eigenvalue weighted by atomic mass is 32.1. The van der Waals surface area contributed by atoms with Crippen molar-refractivity contribution >= 4 is 34.2 Å². The van der Waals surface area contributed by atoms with Crippen molar-refractivity contribution in [3.05, 3.63) is 28.2 Å². The summed E-state index contributed by atoms with van der Waals surface area (Å²) < 4.78 is 5.17. The first-order valence-corrected chi connectivity index (χ1v) is 14.2. The van der Waals surface area contributed by atoms with E-state index in [0.717, 1.165) is 23.2 Å². The maximum Gasteiger partial charge on any atom is 0.350 e. The van der Waals surface area contributed by atoms with Crippen molar-refractivity contribution < 1.29 is 14.3 Å². The molecule has 1 aliphatic heterocycles. The predicted octanol–water partition coefficient (Wildman–Crippen LogP) is 4.88. The summed E-state index contributed by atoms with van der Waals surface area (Å²) in [5.74, 6) is 1.19. The predicted molar refractivity (Wildman–Crippen MR) is 147 cm³/mol. The highest BCUT2D eigenvalue weighted by Crippen LogP contribution is 2.32. The number of carbonyl (C=O) groups is 2. The van der Waals surface area contributed by atoms with Crippen LogP contribution in [0.3, 0.4) is 0 Å². The first kappa shape index (κ1) is 27.3. The minimum Gasteiger partial charge on any atom is -0.462 e. The van der Waals surface area contributed by atoms with Crippen LogP contribution in [-0.2, 0) is 4.74 Å². The van der Waals surface area contributed by atoms with Gasteiger partial charge in [0.15, 0.2) is 5.13 Å². The summed E-state index contributed by atoms with van der Waals surface area (Å²) >= 11 is 1.35. The summed E-state index contributed by atoms with van der Waals surface area (Å²) in [4.78, 5) is 44.5. The summed E-state index contributed by atoms with van der Waals surface area (Å²) in [6, 6.07) is 0. The van der Waals surface area contributed by atoms with Gasteiger partial charge in [0.05, 0.1) is 29.7 Å². The summed E-state index contributed by atoms with van der Waals surface area (Å²) in [6.45, 7) is 14.9. The Morgan fingerprint density at radius 2 is 1.95 bits per heavy atom. The SMILES string of the molecule is CCOC(=O)c1sc(N2CCN(C(=O)c3cnc(NCC4CCCC4)c(C(C)C)n3)C(C)(C)C2)nc1C. The molecule has 0 bridgehead atoms. The normalized spacial score (nSPS) is 17.9. The molecule has 1 amide bonds. The second-order valence-electron chi connectivity index (χ2n) is 11.0. The lowest BCUT2D eigenvalue weighted by molar-refractivity contribution is 0.0504. The third kappa shape index (κ3) is 6.05. The largest absolute Gasteiger partial charge is 0.462 e. The van der Waals surface area contributed by atoms with Crippen molar-refractivity contribution in [2.45, 2.75) is 78.7 Å². The standard InChI is InChI=1S/C27H40N6O3S/c1-7-36-25(35)22-18(4)30-26(37-22)32-12-13-33(27(5,6)16-32)24(34)20-15-29-23(21(31-20)17(2)3)28-14-19-10-8-9-11-19/h15,17,19H,7-14,16H2,1-6H3,(H,28,29). The van der Waals surface area contributed by atoms with E-state index in [9.17, 15) is 9.59 Å². The lowest BCUT2D eigenvalue weighted by Crippen LogP contribution is -2.61. The maximum atomic E-state index is 13.6. The van der Waals surface area contributed by atoms with Crippen LogP contribution in [0.2, 0.25) is 0 Å². The van der Waals surface area contributed by atoms with E-state index in [2.05, 4.69) is 47.9 Å². The zero-order valence-electron chi connectivity index (χ0n) is 23.0. The Morgan fingerprint density at radius 3 is 2.59 bits per heavy atom.